The molecule has 162 valence electrons. The van der Waals surface area contributed by atoms with E-state index in [9.17, 15) is 13.2 Å². The van der Waals surface area contributed by atoms with Crippen LogP contribution < -0.4 is 14.9 Å². The Balaban J connectivity index is 1.33. The Morgan fingerprint density at radius 3 is 2.52 bits per heavy atom. The van der Waals surface area contributed by atoms with Crippen molar-refractivity contribution in [3.63, 3.8) is 0 Å². The van der Waals surface area contributed by atoms with Gasteiger partial charge in [0, 0.05) is 42.0 Å². The number of nitrogens with zero attached hydrogens (tertiary/aromatic N) is 2. The summed E-state index contributed by atoms with van der Waals surface area (Å²) in [6, 6.07) is 13.3. The molecular weight excluding hydrogens is 432 g/mol. The highest BCUT2D eigenvalue weighted by Crippen LogP contribution is 2.22. The van der Waals surface area contributed by atoms with Gasteiger partial charge >= 0.3 is 0 Å². The van der Waals surface area contributed by atoms with Gasteiger partial charge in [-0.15, -0.1) is 11.3 Å². The lowest BCUT2D eigenvalue weighted by Gasteiger charge is -2.32. The number of sulfonamides is 1. The van der Waals surface area contributed by atoms with Crippen molar-refractivity contribution in [2.75, 3.05) is 22.7 Å². The Hall–Kier alpha value is -2.91. The number of benzene rings is 2. The molecule has 1 aromatic heterocycles. The van der Waals surface area contributed by atoms with Crippen LogP contribution in [0.3, 0.4) is 0 Å². The summed E-state index contributed by atoms with van der Waals surface area (Å²) in [6.07, 6.45) is 3.53. The SMILES string of the molecule is Cc1cccc(S(=O)(=O)Nc2ccc(C(=O)NC3CCN(c4nccs4)CC3)cc2)c1. The Morgan fingerprint density at radius 2 is 1.87 bits per heavy atom. The van der Waals surface area contributed by atoms with E-state index >= 15 is 0 Å². The lowest BCUT2D eigenvalue weighted by Crippen LogP contribution is -2.44. The molecule has 2 aromatic carbocycles. The maximum Gasteiger partial charge on any atom is 0.261 e. The monoisotopic (exact) mass is 456 g/mol. The molecule has 31 heavy (non-hydrogen) atoms. The summed E-state index contributed by atoms with van der Waals surface area (Å²) in [5.41, 5.74) is 1.78. The van der Waals surface area contributed by atoms with Gasteiger partial charge in [0.05, 0.1) is 4.90 Å². The van der Waals surface area contributed by atoms with Crippen LogP contribution in [-0.2, 0) is 10.0 Å². The number of thiazole rings is 1. The van der Waals surface area contributed by atoms with Gasteiger partial charge < -0.3 is 10.2 Å². The highest BCUT2D eigenvalue weighted by molar-refractivity contribution is 7.92. The average Bonchev–Trinajstić information content (AvgIpc) is 3.29. The van der Waals surface area contributed by atoms with Crippen LogP contribution in [0.2, 0.25) is 0 Å². The molecule has 1 aliphatic heterocycles. The third kappa shape index (κ3) is 5.23. The molecule has 0 unspecified atom stereocenters. The van der Waals surface area contributed by atoms with E-state index < -0.39 is 10.0 Å². The van der Waals surface area contributed by atoms with Crippen LogP contribution in [0.5, 0.6) is 0 Å². The second kappa shape index (κ2) is 9.07. The molecule has 0 spiro atoms. The highest BCUT2D eigenvalue weighted by Gasteiger charge is 2.22. The van der Waals surface area contributed by atoms with Crippen LogP contribution >= 0.6 is 11.3 Å². The van der Waals surface area contributed by atoms with Crippen molar-refractivity contribution in [1.29, 1.82) is 0 Å². The van der Waals surface area contributed by atoms with Crippen LogP contribution in [0.15, 0.2) is 65.0 Å². The number of amides is 1. The van der Waals surface area contributed by atoms with Crippen molar-refractivity contribution in [2.24, 2.45) is 0 Å². The number of aryl methyl sites for hydroxylation is 1. The smallest absolute Gasteiger partial charge is 0.261 e. The zero-order valence-corrected chi connectivity index (χ0v) is 18.7. The normalized spacial score (nSPS) is 14.9. The topological polar surface area (TPSA) is 91.4 Å². The fraction of sp³-hybridized carbons (Fsp3) is 0.273. The van der Waals surface area contributed by atoms with Crippen molar-refractivity contribution in [3.05, 3.63) is 71.2 Å². The third-order valence-corrected chi connectivity index (χ3v) is 7.43. The number of anilines is 2. The van der Waals surface area contributed by atoms with E-state index in [1.165, 1.54) is 0 Å². The molecule has 0 atom stereocenters. The number of piperidine rings is 1. The number of nitrogens with one attached hydrogen (secondary N) is 2. The van der Waals surface area contributed by atoms with Gasteiger partial charge in [0.2, 0.25) is 0 Å². The van der Waals surface area contributed by atoms with Gasteiger partial charge in [-0.2, -0.15) is 0 Å². The zero-order valence-electron chi connectivity index (χ0n) is 17.1. The van der Waals surface area contributed by atoms with Gasteiger partial charge in [0.15, 0.2) is 5.13 Å². The van der Waals surface area contributed by atoms with Gasteiger partial charge in [-0.1, -0.05) is 12.1 Å². The number of hydrogen-bond acceptors (Lipinski definition) is 6. The van der Waals surface area contributed by atoms with E-state index in [0.717, 1.165) is 36.6 Å². The molecule has 2 heterocycles. The Kier molecular flexibility index (Phi) is 6.24. The van der Waals surface area contributed by atoms with Gasteiger partial charge in [0.25, 0.3) is 15.9 Å². The van der Waals surface area contributed by atoms with Crippen molar-refractivity contribution >= 4 is 38.1 Å². The van der Waals surface area contributed by atoms with E-state index in [1.807, 2.05) is 18.4 Å². The summed E-state index contributed by atoms with van der Waals surface area (Å²) >= 11 is 1.62. The minimum absolute atomic E-state index is 0.114. The molecule has 7 nitrogen and oxygen atoms in total. The number of hydrogen-bond donors (Lipinski definition) is 2. The third-order valence-electron chi connectivity index (χ3n) is 5.22. The fourth-order valence-corrected chi connectivity index (χ4v) is 5.40. The first-order valence-corrected chi connectivity index (χ1v) is 12.4. The molecule has 0 saturated carbocycles. The van der Waals surface area contributed by atoms with Gasteiger partial charge in [-0.05, 0) is 61.7 Å². The maximum atomic E-state index is 12.6. The molecule has 3 aromatic rings. The fourth-order valence-electron chi connectivity index (χ4n) is 3.54. The second-order valence-electron chi connectivity index (χ2n) is 7.55. The molecule has 0 aliphatic carbocycles. The largest absolute Gasteiger partial charge is 0.349 e. The first kappa shape index (κ1) is 21.3. The lowest BCUT2D eigenvalue weighted by molar-refractivity contribution is 0.0931. The zero-order chi connectivity index (χ0) is 21.8. The minimum atomic E-state index is -3.68. The summed E-state index contributed by atoms with van der Waals surface area (Å²) in [5, 5.41) is 6.07. The highest BCUT2D eigenvalue weighted by atomic mass is 32.2. The molecular formula is C22H24N4O3S2. The lowest BCUT2D eigenvalue weighted by atomic mass is 10.0. The van der Waals surface area contributed by atoms with Crippen LogP contribution in [0.1, 0.15) is 28.8 Å². The summed E-state index contributed by atoms with van der Waals surface area (Å²) in [5.74, 6) is -0.152. The molecule has 9 heteroatoms. The van der Waals surface area contributed by atoms with Crippen molar-refractivity contribution in [1.82, 2.24) is 10.3 Å². The number of carbonyl (C=O) groups is 1. The molecule has 1 fully saturated rings. The molecule has 0 radical (unpaired) electrons. The molecule has 1 saturated heterocycles. The number of rotatable bonds is 6. The Bertz CT molecular complexity index is 1140. The van der Waals surface area contributed by atoms with E-state index in [1.54, 1.807) is 60.0 Å². The van der Waals surface area contributed by atoms with Crippen LogP contribution in [0, 0.1) is 6.92 Å². The van der Waals surface area contributed by atoms with E-state index in [2.05, 4.69) is 19.9 Å². The summed E-state index contributed by atoms with van der Waals surface area (Å²) in [6.45, 7) is 3.56. The molecule has 1 aliphatic rings. The molecule has 1 amide bonds. The van der Waals surface area contributed by atoms with Crippen LogP contribution in [0.4, 0.5) is 10.8 Å². The van der Waals surface area contributed by atoms with Gasteiger partial charge in [0.1, 0.15) is 0 Å². The van der Waals surface area contributed by atoms with Crippen molar-refractivity contribution in [3.8, 4) is 0 Å². The molecule has 2 N–H and O–H groups in total. The standard InChI is InChI=1S/C22H24N4O3S2/c1-16-3-2-4-20(15-16)31(28,29)25-19-7-5-17(6-8-19)21(27)24-18-9-12-26(13-10-18)22-23-11-14-30-22/h2-8,11,14-15,18,25H,9-10,12-13H2,1H3,(H,24,27). The van der Waals surface area contributed by atoms with E-state index in [4.69, 9.17) is 0 Å². The van der Waals surface area contributed by atoms with Crippen molar-refractivity contribution < 1.29 is 13.2 Å². The minimum Gasteiger partial charge on any atom is -0.349 e. The van der Waals surface area contributed by atoms with Gasteiger partial charge in [-0.3, -0.25) is 9.52 Å². The summed E-state index contributed by atoms with van der Waals surface area (Å²) < 4.78 is 27.7. The molecule has 4 rings (SSSR count). The van der Waals surface area contributed by atoms with E-state index in [-0.39, 0.29) is 16.8 Å². The summed E-state index contributed by atoms with van der Waals surface area (Å²) in [7, 11) is -3.68. The van der Waals surface area contributed by atoms with Crippen molar-refractivity contribution in [2.45, 2.75) is 30.7 Å². The second-order valence-corrected chi connectivity index (χ2v) is 10.1. The predicted octanol–water partition coefficient (Wildman–Crippen LogP) is 3.65. The first-order valence-electron chi connectivity index (χ1n) is 10.1. The van der Waals surface area contributed by atoms with Gasteiger partial charge in [-0.25, -0.2) is 13.4 Å². The summed E-state index contributed by atoms with van der Waals surface area (Å²) in [4.78, 5) is 19.4. The quantitative estimate of drug-likeness (QED) is 0.591. The Labute approximate surface area is 186 Å². The van der Waals surface area contributed by atoms with Crippen LogP contribution in [0.25, 0.3) is 0 Å². The average molecular weight is 457 g/mol. The maximum absolute atomic E-state index is 12.6. The Morgan fingerprint density at radius 1 is 1.13 bits per heavy atom. The first-order chi connectivity index (χ1) is 14.9. The number of aromatic nitrogens is 1. The van der Waals surface area contributed by atoms with Crippen LogP contribution in [-0.4, -0.2) is 38.4 Å². The number of carbonyl (C=O) groups excluding carboxylic acids is 1. The molecule has 0 bridgehead atoms. The van der Waals surface area contributed by atoms with E-state index in [0.29, 0.717) is 11.3 Å². The predicted molar refractivity (Wildman–Crippen MR) is 123 cm³/mol.